The molecule has 167 valence electrons. The summed E-state index contributed by atoms with van der Waals surface area (Å²) in [6, 6.07) is 37.1. The van der Waals surface area contributed by atoms with Gasteiger partial charge >= 0.3 is 0 Å². The van der Waals surface area contributed by atoms with Gasteiger partial charge in [0.15, 0.2) is 0 Å². The Morgan fingerprint density at radius 1 is 0.667 bits per heavy atom. The first-order chi connectivity index (χ1) is 15.5. The summed E-state index contributed by atoms with van der Waals surface area (Å²) < 4.78 is 0. The number of benzene rings is 3. The van der Waals surface area contributed by atoms with E-state index in [1.54, 1.807) is 6.20 Å². The zero-order chi connectivity index (χ0) is 22.4. The Bertz CT molecular complexity index is 1260. The van der Waals surface area contributed by atoms with Crippen LogP contribution in [0.1, 0.15) is 0 Å². The van der Waals surface area contributed by atoms with E-state index in [-0.39, 0.29) is 20.1 Å². The topological polar surface area (TPSA) is 25.8 Å². The van der Waals surface area contributed by atoms with Crippen LogP contribution in [0.3, 0.4) is 0 Å². The fourth-order valence-corrected chi connectivity index (χ4v) is 4.46. The van der Waals surface area contributed by atoms with Gasteiger partial charge in [-0.05, 0) is 34.3 Å². The summed E-state index contributed by atoms with van der Waals surface area (Å²) in [6.07, 6.45) is 3.67. The molecular formula is C29H26IrN2P-. The van der Waals surface area contributed by atoms with Crippen LogP contribution in [0.25, 0.3) is 33.3 Å². The van der Waals surface area contributed by atoms with Crippen molar-refractivity contribution in [3.63, 3.8) is 0 Å². The SMILES string of the molecule is C[P+](C)(C)c1cc[c-]c(-c2nccc3ccccc23)c1.[Ir].[c-]1ccccc1-c1ccccn1. The van der Waals surface area contributed by atoms with Crippen LogP contribution in [0.4, 0.5) is 0 Å². The van der Waals surface area contributed by atoms with E-state index < -0.39 is 7.26 Å². The Hall–Kier alpha value is -2.70. The largest absolute Gasteiger partial charge is 0.305 e. The van der Waals surface area contributed by atoms with E-state index in [0.717, 1.165) is 22.5 Å². The quantitative estimate of drug-likeness (QED) is 0.163. The zero-order valence-corrected chi connectivity index (χ0v) is 22.3. The third-order valence-corrected chi connectivity index (χ3v) is 6.97. The minimum Gasteiger partial charge on any atom is -0.305 e. The van der Waals surface area contributed by atoms with Gasteiger partial charge in [0, 0.05) is 45.1 Å². The number of rotatable bonds is 3. The van der Waals surface area contributed by atoms with Gasteiger partial charge in [-0.25, -0.2) is 0 Å². The molecule has 0 aliphatic heterocycles. The third kappa shape index (κ3) is 6.42. The second-order valence-corrected chi connectivity index (χ2v) is 12.9. The molecule has 2 aromatic heterocycles. The number of hydrogen-bond acceptors (Lipinski definition) is 2. The minimum absolute atomic E-state index is 0. The predicted molar refractivity (Wildman–Crippen MR) is 139 cm³/mol. The van der Waals surface area contributed by atoms with Crippen molar-refractivity contribution in [1.29, 1.82) is 0 Å². The number of pyridine rings is 2. The first-order valence-electron chi connectivity index (χ1n) is 10.6. The van der Waals surface area contributed by atoms with Gasteiger partial charge in [0.1, 0.15) is 0 Å². The molecule has 0 aliphatic carbocycles. The molecule has 2 heterocycles. The minimum atomic E-state index is -1.02. The van der Waals surface area contributed by atoms with Crippen molar-refractivity contribution in [3.8, 4) is 22.5 Å². The van der Waals surface area contributed by atoms with Crippen molar-refractivity contribution in [2.45, 2.75) is 0 Å². The third-order valence-electron chi connectivity index (χ3n) is 5.14. The van der Waals surface area contributed by atoms with Crippen LogP contribution in [0.2, 0.25) is 0 Å². The molecule has 0 spiro atoms. The molecule has 0 saturated heterocycles. The van der Waals surface area contributed by atoms with Crippen LogP contribution < -0.4 is 5.30 Å². The van der Waals surface area contributed by atoms with Crippen molar-refractivity contribution in [2.24, 2.45) is 0 Å². The second-order valence-electron chi connectivity index (χ2n) is 8.34. The van der Waals surface area contributed by atoms with Crippen LogP contribution in [-0.4, -0.2) is 30.0 Å². The van der Waals surface area contributed by atoms with E-state index in [9.17, 15) is 0 Å². The summed E-state index contributed by atoms with van der Waals surface area (Å²) in [5.41, 5.74) is 4.13. The Labute approximate surface area is 210 Å². The van der Waals surface area contributed by atoms with Crippen LogP contribution in [0.15, 0.2) is 103 Å². The molecule has 0 aliphatic rings. The summed E-state index contributed by atoms with van der Waals surface area (Å²) >= 11 is 0. The Morgan fingerprint density at radius 2 is 1.42 bits per heavy atom. The average molecular weight is 626 g/mol. The molecule has 4 heteroatoms. The molecular weight excluding hydrogens is 600 g/mol. The van der Waals surface area contributed by atoms with E-state index in [1.807, 2.05) is 54.7 Å². The van der Waals surface area contributed by atoms with Gasteiger partial charge in [-0.3, -0.25) is 0 Å². The van der Waals surface area contributed by atoms with Gasteiger partial charge in [-0.2, -0.15) is 0 Å². The Balaban J connectivity index is 0.000000202. The van der Waals surface area contributed by atoms with Crippen molar-refractivity contribution in [3.05, 3.63) is 116 Å². The molecule has 1 radical (unpaired) electrons. The fourth-order valence-electron chi connectivity index (χ4n) is 3.42. The van der Waals surface area contributed by atoms with Gasteiger partial charge in [-0.1, -0.05) is 36.4 Å². The van der Waals surface area contributed by atoms with E-state index in [2.05, 4.69) is 84.6 Å². The molecule has 0 saturated carbocycles. The molecule has 0 atom stereocenters. The van der Waals surface area contributed by atoms with E-state index in [4.69, 9.17) is 0 Å². The zero-order valence-electron chi connectivity index (χ0n) is 19.0. The van der Waals surface area contributed by atoms with Gasteiger partial charge < -0.3 is 9.97 Å². The molecule has 3 aromatic carbocycles. The molecule has 2 nitrogen and oxygen atoms in total. The van der Waals surface area contributed by atoms with Crippen LogP contribution in [0, 0.1) is 12.1 Å². The number of hydrogen-bond donors (Lipinski definition) is 0. The van der Waals surface area contributed by atoms with Crippen LogP contribution >= 0.6 is 7.26 Å². The van der Waals surface area contributed by atoms with E-state index in [1.165, 1.54) is 16.1 Å². The Kier molecular flexibility index (Phi) is 8.64. The summed E-state index contributed by atoms with van der Waals surface area (Å²) in [6.45, 7) is 7.01. The summed E-state index contributed by atoms with van der Waals surface area (Å²) in [4.78, 5) is 8.80. The van der Waals surface area contributed by atoms with Gasteiger partial charge in [-0.15, -0.1) is 65.7 Å². The molecule has 33 heavy (non-hydrogen) atoms. The summed E-state index contributed by atoms with van der Waals surface area (Å²) in [7, 11) is -1.02. The van der Waals surface area contributed by atoms with Crippen LogP contribution in [0.5, 0.6) is 0 Å². The standard InChI is InChI=1S/C18H18NP.C11H8N.Ir/c1-20(2,3)16-9-6-8-15(13-16)18-17-10-5-4-7-14(17)11-12-19-18;1-2-6-10(7-3-1)11-8-4-5-9-12-11;/h4-7,9-13H,1-3H3;1-6,8-9H;/q;-1;. The molecule has 0 bridgehead atoms. The van der Waals surface area contributed by atoms with E-state index >= 15 is 0 Å². The van der Waals surface area contributed by atoms with Crippen molar-refractivity contribution < 1.29 is 20.1 Å². The van der Waals surface area contributed by atoms with Gasteiger partial charge in [0.25, 0.3) is 0 Å². The average Bonchev–Trinajstić information content (AvgIpc) is 2.85. The maximum atomic E-state index is 4.58. The van der Waals surface area contributed by atoms with Gasteiger partial charge in [0.2, 0.25) is 0 Å². The van der Waals surface area contributed by atoms with Crippen molar-refractivity contribution >= 4 is 23.3 Å². The molecule has 0 amide bonds. The van der Waals surface area contributed by atoms with Crippen molar-refractivity contribution in [1.82, 2.24) is 9.97 Å². The molecule has 0 fully saturated rings. The maximum Gasteiger partial charge on any atom is 0.0515 e. The Morgan fingerprint density at radius 3 is 2.15 bits per heavy atom. The van der Waals surface area contributed by atoms with Crippen LogP contribution in [-0.2, 0) is 20.1 Å². The molecule has 0 N–H and O–H groups in total. The number of nitrogens with zero attached hydrogens (tertiary/aromatic N) is 2. The smallest absolute Gasteiger partial charge is 0.0515 e. The predicted octanol–water partition coefficient (Wildman–Crippen LogP) is 6.78. The fraction of sp³-hybridized carbons (Fsp3) is 0.103. The molecule has 5 aromatic rings. The number of aromatic nitrogens is 2. The van der Waals surface area contributed by atoms with Gasteiger partial charge in [0.05, 0.1) is 20.0 Å². The van der Waals surface area contributed by atoms with Crippen molar-refractivity contribution in [2.75, 3.05) is 20.0 Å². The molecule has 5 rings (SSSR count). The first-order valence-corrected chi connectivity index (χ1v) is 13.7. The molecule has 0 unspecified atom stereocenters. The monoisotopic (exact) mass is 626 g/mol. The van der Waals surface area contributed by atoms with E-state index in [0.29, 0.717) is 0 Å². The normalized spacial score (nSPS) is 10.6. The summed E-state index contributed by atoms with van der Waals surface area (Å²) in [5.74, 6) is 0. The maximum absolute atomic E-state index is 4.58. The second kappa shape index (κ2) is 11.4. The number of fused-ring (bicyclic) bond motifs is 1. The first kappa shape index (κ1) is 24.9. The summed E-state index contributed by atoms with van der Waals surface area (Å²) in [5, 5.41) is 3.83.